The standard InChI is InChI=1S/C16H17F5O4/c1-7-10(8-5-6-9(17)11(18)12(8)24-4)14(2,13(22)23)25-15(7,3)16(19,20)21/h5-7,10H,1-4H3,(H,22,23)/t7-,10-,14+,15+/m0/s1. The van der Waals surface area contributed by atoms with Gasteiger partial charge >= 0.3 is 12.1 Å². The molecule has 0 spiro atoms. The Labute approximate surface area is 140 Å². The minimum absolute atomic E-state index is 0.202. The highest BCUT2D eigenvalue weighted by Crippen LogP contribution is 2.58. The Bertz CT molecular complexity index is 705. The maximum Gasteiger partial charge on any atom is 0.417 e. The lowest BCUT2D eigenvalue weighted by atomic mass is 9.72. The molecule has 25 heavy (non-hydrogen) atoms. The van der Waals surface area contributed by atoms with E-state index in [4.69, 9.17) is 9.47 Å². The van der Waals surface area contributed by atoms with E-state index in [9.17, 15) is 31.9 Å². The number of alkyl halides is 3. The minimum atomic E-state index is -4.87. The topological polar surface area (TPSA) is 55.8 Å². The van der Waals surface area contributed by atoms with Crippen molar-refractivity contribution in [2.75, 3.05) is 7.11 Å². The van der Waals surface area contributed by atoms with Crippen LogP contribution in [0.1, 0.15) is 32.3 Å². The lowest BCUT2D eigenvalue weighted by Crippen LogP contribution is -2.48. The third-order valence-corrected chi connectivity index (χ3v) is 4.99. The molecule has 1 saturated heterocycles. The van der Waals surface area contributed by atoms with Crippen molar-refractivity contribution in [2.45, 2.75) is 44.1 Å². The first-order valence-electron chi connectivity index (χ1n) is 7.33. The molecule has 0 aromatic heterocycles. The van der Waals surface area contributed by atoms with Crippen LogP contribution in [0.3, 0.4) is 0 Å². The zero-order chi connectivity index (χ0) is 19.4. The number of carboxylic acids is 1. The smallest absolute Gasteiger partial charge is 0.417 e. The maximum atomic E-state index is 14.0. The van der Waals surface area contributed by atoms with Gasteiger partial charge in [-0.05, 0) is 19.9 Å². The molecule has 1 aromatic rings. The molecule has 1 aliphatic rings. The van der Waals surface area contributed by atoms with E-state index in [1.165, 1.54) is 0 Å². The van der Waals surface area contributed by atoms with Gasteiger partial charge in [-0.1, -0.05) is 13.0 Å². The lowest BCUT2D eigenvalue weighted by Gasteiger charge is -2.32. The Balaban J connectivity index is 2.74. The number of halogens is 5. The SMILES string of the molecule is COc1c([C@@H]2[C@H](C)[C@](C)(C(F)(F)F)O[C@@]2(C)C(=O)O)ccc(F)c1F. The van der Waals surface area contributed by atoms with E-state index in [0.29, 0.717) is 6.07 Å². The van der Waals surface area contributed by atoms with Crippen molar-refractivity contribution < 1.29 is 41.3 Å². The number of carbonyl (C=O) groups is 1. The van der Waals surface area contributed by atoms with Crippen LogP contribution < -0.4 is 4.74 Å². The lowest BCUT2D eigenvalue weighted by molar-refractivity contribution is -0.284. The number of ether oxygens (including phenoxy) is 2. The molecular formula is C16H17F5O4. The van der Waals surface area contributed by atoms with E-state index in [0.717, 1.165) is 33.9 Å². The molecule has 9 heteroatoms. The summed E-state index contributed by atoms with van der Waals surface area (Å²) in [5, 5.41) is 9.51. The van der Waals surface area contributed by atoms with Gasteiger partial charge in [0.2, 0.25) is 5.82 Å². The van der Waals surface area contributed by atoms with Gasteiger partial charge in [0.25, 0.3) is 0 Å². The molecule has 0 bridgehead atoms. The molecule has 0 amide bonds. The van der Waals surface area contributed by atoms with Crippen LogP contribution in [0.5, 0.6) is 5.75 Å². The van der Waals surface area contributed by atoms with Gasteiger partial charge in [0.15, 0.2) is 22.8 Å². The molecule has 4 atom stereocenters. The Kier molecular flexibility index (Phi) is 4.53. The average molecular weight is 368 g/mol. The zero-order valence-corrected chi connectivity index (χ0v) is 13.9. The highest BCUT2D eigenvalue weighted by atomic mass is 19.4. The second-order valence-corrected chi connectivity index (χ2v) is 6.37. The fraction of sp³-hybridized carbons (Fsp3) is 0.562. The summed E-state index contributed by atoms with van der Waals surface area (Å²) in [6, 6.07) is 1.73. The van der Waals surface area contributed by atoms with Crippen molar-refractivity contribution in [1.29, 1.82) is 0 Å². The van der Waals surface area contributed by atoms with Crippen molar-refractivity contribution in [3.05, 3.63) is 29.3 Å². The second-order valence-electron chi connectivity index (χ2n) is 6.37. The molecule has 1 aliphatic heterocycles. The van der Waals surface area contributed by atoms with E-state index in [1.807, 2.05) is 0 Å². The van der Waals surface area contributed by atoms with Crippen LogP contribution in [0.4, 0.5) is 22.0 Å². The Hall–Kier alpha value is -1.90. The average Bonchev–Trinajstić information content (AvgIpc) is 2.71. The van der Waals surface area contributed by atoms with Gasteiger partial charge in [-0.3, -0.25) is 0 Å². The van der Waals surface area contributed by atoms with Gasteiger partial charge in [0, 0.05) is 17.4 Å². The van der Waals surface area contributed by atoms with Gasteiger partial charge < -0.3 is 14.6 Å². The Morgan fingerprint density at radius 1 is 1.28 bits per heavy atom. The predicted octanol–water partition coefficient (Wildman–Crippen LogP) is 3.89. The summed E-state index contributed by atoms with van der Waals surface area (Å²) in [5.74, 6) is -7.79. The first-order chi connectivity index (χ1) is 11.3. The first-order valence-corrected chi connectivity index (χ1v) is 7.33. The van der Waals surface area contributed by atoms with Crippen LogP contribution in [-0.4, -0.2) is 35.6 Å². The molecule has 2 rings (SSSR count). The molecule has 4 nitrogen and oxygen atoms in total. The highest BCUT2D eigenvalue weighted by molar-refractivity contribution is 5.80. The number of rotatable bonds is 3. The van der Waals surface area contributed by atoms with Crippen molar-refractivity contribution in [2.24, 2.45) is 5.92 Å². The normalized spacial score (nSPS) is 32.7. The quantitative estimate of drug-likeness (QED) is 0.823. The van der Waals surface area contributed by atoms with E-state index in [1.54, 1.807) is 0 Å². The molecular weight excluding hydrogens is 351 g/mol. The number of hydrogen-bond acceptors (Lipinski definition) is 3. The molecule has 1 fully saturated rings. The van der Waals surface area contributed by atoms with Gasteiger partial charge in [0.05, 0.1) is 7.11 Å². The van der Waals surface area contributed by atoms with E-state index in [-0.39, 0.29) is 5.56 Å². The molecule has 1 N–H and O–H groups in total. The number of aliphatic carboxylic acids is 1. The minimum Gasteiger partial charge on any atom is -0.493 e. The van der Waals surface area contributed by atoms with Crippen molar-refractivity contribution in [3.63, 3.8) is 0 Å². The second kappa shape index (κ2) is 5.82. The van der Waals surface area contributed by atoms with Crippen LogP contribution in [0.15, 0.2) is 12.1 Å². The number of benzene rings is 1. The molecule has 140 valence electrons. The van der Waals surface area contributed by atoms with Crippen molar-refractivity contribution in [1.82, 2.24) is 0 Å². The number of methoxy groups -OCH3 is 1. The van der Waals surface area contributed by atoms with Crippen LogP contribution in [-0.2, 0) is 9.53 Å². The largest absolute Gasteiger partial charge is 0.493 e. The van der Waals surface area contributed by atoms with Crippen LogP contribution in [0.2, 0.25) is 0 Å². The molecule has 1 aromatic carbocycles. The van der Waals surface area contributed by atoms with Gasteiger partial charge in [-0.2, -0.15) is 17.6 Å². The van der Waals surface area contributed by atoms with Gasteiger partial charge in [-0.15, -0.1) is 0 Å². The van der Waals surface area contributed by atoms with E-state index < -0.39 is 52.6 Å². The van der Waals surface area contributed by atoms with Crippen LogP contribution >= 0.6 is 0 Å². The summed E-state index contributed by atoms with van der Waals surface area (Å²) >= 11 is 0. The van der Waals surface area contributed by atoms with Gasteiger partial charge in [0.1, 0.15) is 0 Å². The monoisotopic (exact) mass is 368 g/mol. The molecule has 0 unspecified atom stereocenters. The van der Waals surface area contributed by atoms with E-state index >= 15 is 0 Å². The zero-order valence-electron chi connectivity index (χ0n) is 13.9. The Morgan fingerprint density at radius 3 is 2.28 bits per heavy atom. The van der Waals surface area contributed by atoms with Crippen molar-refractivity contribution in [3.8, 4) is 5.75 Å². The third-order valence-electron chi connectivity index (χ3n) is 4.99. The maximum absolute atomic E-state index is 14.0. The van der Waals surface area contributed by atoms with Crippen molar-refractivity contribution >= 4 is 5.97 Å². The Morgan fingerprint density at radius 2 is 1.84 bits per heavy atom. The van der Waals surface area contributed by atoms with E-state index in [2.05, 4.69) is 0 Å². The van der Waals surface area contributed by atoms with Crippen LogP contribution in [0, 0.1) is 17.6 Å². The summed E-state index contributed by atoms with van der Waals surface area (Å²) in [7, 11) is 1.02. The summed E-state index contributed by atoms with van der Waals surface area (Å²) < 4.78 is 77.9. The third kappa shape index (κ3) is 2.65. The summed E-state index contributed by atoms with van der Waals surface area (Å²) in [4.78, 5) is 11.7. The fourth-order valence-electron chi connectivity index (χ4n) is 3.45. The van der Waals surface area contributed by atoms with Gasteiger partial charge in [-0.25, -0.2) is 9.18 Å². The fourth-order valence-corrected chi connectivity index (χ4v) is 3.45. The molecule has 0 radical (unpaired) electrons. The summed E-state index contributed by atoms with van der Waals surface area (Å²) in [6.45, 7) is 2.88. The highest BCUT2D eigenvalue weighted by Gasteiger charge is 2.70. The summed E-state index contributed by atoms with van der Waals surface area (Å²) in [6.07, 6.45) is -4.87. The first kappa shape index (κ1) is 19.4. The summed E-state index contributed by atoms with van der Waals surface area (Å²) in [5.41, 5.74) is -5.31. The number of carboxylic acid groups (broad SMARTS) is 1. The molecule has 0 aliphatic carbocycles. The molecule has 0 saturated carbocycles. The van der Waals surface area contributed by atoms with Crippen LogP contribution in [0.25, 0.3) is 0 Å². The number of hydrogen-bond donors (Lipinski definition) is 1. The predicted molar refractivity (Wildman–Crippen MR) is 76.4 cm³/mol. The molecule has 1 heterocycles.